The maximum atomic E-state index is 13.1. The van der Waals surface area contributed by atoms with Crippen molar-refractivity contribution in [3.05, 3.63) is 35.4 Å². The molecule has 29 heavy (non-hydrogen) atoms. The average molecular weight is 404 g/mol. The van der Waals surface area contributed by atoms with Crippen molar-refractivity contribution in [1.29, 1.82) is 0 Å². The molecule has 1 heterocycles. The summed E-state index contributed by atoms with van der Waals surface area (Å²) < 4.78 is 0. The Bertz CT molecular complexity index is 719. The van der Waals surface area contributed by atoms with Crippen molar-refractivity contribution < 1.29 is 19.6 Å². The van der Waals surface area contributed by atoms with Gasteiger partial charge in [-0.1, -0.05) is 36.8 Å². The third kappa shape index (κ3) is 6.29. The van der Waals surface area contributed by atoms with E-state index < -0.39 is 17.4 Å². The highest BCUT2D eigenvalue weighted by Gasteiger charge is 2.46. The molecule has 3 N–H and O–H groups in total. The fraction of sp³-hybridized carbons (Fsp3) is 0.591. The van der Waals surface area contributed by atoms with Crippen molar-refractivity contribution in [1.82, 2.24) is 15.7 Å². The van der Waals surface area contributed by atoms with E-state index in [1.807, 2.05) is 13.8 Å². The summed E-state index contributed by atoms with van der Waals surface area (Å²) in [5.74, 6) is -0.672. The lowest BCUT2D eigenvalue weighted by atomic mass is 9.82. The second-order valence-electron chi connectivity index (χ2n) is 8.27. The number of carbonyl (C=O) groups excluding carboxylic acids is 3. The van der Waals surface area contributed by atoms with Gasteiger partial charge in [0.2, 0.25) is 11.8 Å². The zero-order valence-electron chi connectivity index (χ0n) is 17.7. The molecule has 0 bridgehead atoms. The van der Waals surface area contributed by atoms with Crippen LogP contribution < -0.4 is 10.8 Å². The molecule has 0 aliphatic carbocycles. The summed E-state index contributed by atoms with van der Waals surface area (Å²) in [6.45, 7) is 6.51. The van der Waals surface area contributed by atoms with E-state index in [1.165, 1.54) is 18.1 Å². The fourth-order valence-electron chi connectivity index (χ4n) is 3.86. The summed E-state index contributed by atoms with van der Waals surface area (Å²) in [6, 6.07) is 7.64. The highest BCUT2D eigenvalue weighted by molar-refractivity contribution is 5.91. The molecule has 1 aliphatic rings. The predicted molar refractivity (Wildman–Crippen MR) is 110 cm³/mol. The number of rotatable bonds is 10. The second kappa shape index (κ2) is 10.4. The number of carbonyl (C=O) groups is 3. The molecule has 1 aliphatic heterocycles. The predicted octanol–water partition coefficient (Wildman–Crippen LogP) is 2.35. The number of hydrogen-bond acceptors (Lipinski definition) is 4. The molecule has 1 aromatic rings. The number of amides is 3. The normalized spacial score (nSPS) is 19.9. The topological polar surface area (TPSA) is 98.7 Å². The van der Waals surface area contributed by atoms with Crippen LogP contribution in [0.1, 0.15) is 57.1 Å². The maximum Gasteiger partial charge on any atom is 0.266 e. The van der Waals surface area contributed by atoms with Crippen molar-refractivity contribution >= 4 is 17.7 Å². The standard InChI is InChI=1S/C22H33N3O4/c1-16-7-9-18(10-8-16)11-12-22(3)13-15-25(21(22)28)19(20(27)24-29)6-4-5-14-23-17(2)26/h7-10,19,29H,4-6,11-15H2,1-3H3,(H,23,26)(H,24,27). The van der Waals surface area contributed by atoms with E-state index in [1.54, 1.807) is 10.4 Å². The summed E-state index contributed by atoms with van der Waals surface area (Å²) in [6.07, 6.45) is 4.06. The van der Waals surface area contributed by atoms with E-state index in [0.717, 1.165) is 12.8 Å². The van der Waals surface area contributed by atoms with Gasteiger partial charge in [0.05, 0.1) is 0 Å². The van der Waals surface area contributed by atoms with Gasteiger partial charge in [-0.15, -0.1) is 0 Å². The fourth-order valence-corrected chi connectivity index (χ4v) is 3.86. The van der Waals surface area contributed by atoms with Crippen LogP contribution in [0.25, 0.3) is 0 Å². The highest BCUT2D eigenvalue weighted by atomic mass is 16.5. The van der Waals surface area contributed by atoms with E-state index in [2.05, 4.69) is 29.6 Å². The molecule has 1 aromatic carbocycles. The van der Waals surface area contributed by atoms with Crippen LogP contribution in [0.4, 0.5) is 0 Å². The maximum absolute atomic E-state index is 13.1. The van der Waals surface area contributed by atoms with Gasteiger partial charge in [-0.05, 0) is 51.0 Å². The van der Waals surface area contributed by atoms with E-state index in [9.17, 15) is 14.4 Å². The molecular weight excluding hydrogens is 370 g/mol. The first-order valence-corrected chi connectivity index (χ1v) is 10.3. The van der Waals surface area contributed by atoms with Crippen molar-refractivity contribution in [3.63, 3.8) is 0 Å². The number of hydrogen-bond donors (Lipinski definition) is 3. The Hall–Kier alpha value is -2.41. The average Bonchev–Trinajstić information content (AvgIpc) is 2.98. The van der Waals surface area contributed by atoms with Crippen molar-refractivity contribution in [2.75, 3.05) is 13.1 Å². The van der Waals surface area contributed by atoms with Crippen LogP contribution in [0.5, 0.6) is 0 Å². The minimum atomic E-state index is -0.689. The molecule has 7 nitrogen and oxygen atoms in total. The van der Waals surface area contributed by atoms with Crippen LogP contribution in [0.3, 0.4) is 0 Å². The molecule has 2 unspecified atom stereocenters. The molecule has 0 radical (unpaired) electrons. The van der Waals surface area contributed by atoms with Crippen molar-refractivity contribution in [2.24, 2.45) is 5.41 Å². The van der Waals surface area contributed by atoms with Gasteiger partial charge in [-0.25, -0.2) is 5.48 Å². The second-order valence-corrected chi connectivity index (χ2v) is 8.27. The number of aryl methyl sites for hydroxylation is 2. The first kappa shape index (κ1) is 22.9. The number of nitrogens with one attached hydrogen (secondary N) is 2. The minimum absolute atomic E-state index is 0.0277. The molecule has 2 atom stereocenters. The number of hydroxylamine groups is 1. The molecule has 160 valence electrons. The van der Waals surface area contributed by atoms with Crippen LogP contribution in [-0.2, 0) is 20.8 Å². The van der Waals surface area contributed by atoms with Gasteiger partial charge < -0.3 is 10.2 Å². The Morgan fingerprint density at radius 2 is 1.93 bits per heavy atom. The van der Waals surface area contributed by atoms with Gasteiger partial charge in [0, 0.05) is 25.4 Å². The molecular formula is C22H33N3O4. The first-order valence-electron chi connectivity index (χ1n) is 10.3. The quantitative estimate of drug-likeness (QED) is 0.317. The third-order valence-corrected chi connectivity index (χ3v) is 5.84. The van der Waals surface area contributed by atoms with E-state index in [0.29, 0.717) is 38.8 Å². The zero-order chi connectivity index (χ0) is 21.4. The smallest absolute Gasteiger partial charge is 0.266 e. The van der Waals surface area contributed by atoms with Crippen LogP contribution in [-0.4, -0.2) is 47.0 Å². The van der Waals surface area contributed by atoms with Gasteiger partial charge in [0.25, 0.3) is 5.91 Å². The molecule has 0 saturated carbocycles. The lowest BCUT2D eigenvalue weighted by molar-refractivity contribution is -0.146. The Balaban J connectivity index is 1.95. The summed E-state index contributed by atoms with van der Waals surface area (Å²) in [5.41, 5.74) is 3.61. The van der Waals surface area contributed by atoms with Gasteiger partial charge >= 0.3 is 0 Å². The van der Waals surface area contributed by atoms with Crippen LogP contribution in [0, 0.1) is 12.3 Å². The lowest BCUT2D eigenvalue weighted by Crippen LogP contribution is -2.48. The van der Waals surface area contributed by atoms with Gasteiger partial charge in [0.1, 0.15) is 6.04 Å². The number of benzene rings is 1. The Kier molecular flexibility index (Phi) is 8.20. The molecule has 2 rings (SSSR count). The number of unbranched alkanes of at least 4 members (excludes halogenated alkanes) is 1. The largest absolute Gasteiger partial charge is 0.356 e. The Morgan fingerprint density at radius 3 is 2.55 bits per heavy atom. The summed E-state index contributed by atoms with van der Waals surface area (Å²) in [7, 11) is 0. The molecule has 0 aromatic heterocycles. The molecule has 3 amide bonds. The van der Waals surface area contributed by atoms with Crippen molar-refractivity contribution in [2.45, 2.75) is 65.3 Å². The zero-order valence-corrected chi connectivity index (χ0v) is 17.7. The molecule has 1 fully saturated rings. The molecule has 1 saturated heterocycles. The molecule has 7 heteroatoms. The Morgan fingerprint density at radius 1 is 1.24 bits per heavy atom. The van der Waals surface area contributed by atoms with Crippen LogP contribution in [0.2, 0.25) is 0 Å². The van der Waals surface area contributed by atoms with Crippen LogP contribution in [0.15, 0.2) is 24.3 Å². The van der Waals surface area contributed by atoms with Crippen molar-refractivity contribution in [3.8, 4) is 0 Å². The Labute approximate surface area is 172 Å². The van der Waals surface area contributed by atoms with E-state index >= 15 is 0 Å². The van der Waals surface area contributed by atoms with Gasteiger partial charge in [-0.3, -0.25) is 19.6 Å². The summed E-state index contributed by atoms with van der Waals surface area (Å²) in [4.78, 5) is 37.9. The van der Waals surface area contributed by atoms with Gasteiger partial charge in [0.15, 0.2) is 0 Å². The summed E-state index contributed by atoms with van der Waals surface area (Å²) >= 11 is 0. The van der Waals surface area contributed by atoms with E-state index in [4.69, 9.17) is 5.21 Å². The molecule has 0 spiro atoms. The monoisotopic (exact) mass is 403 g/mol. The number of likely N-dealkylation sites (tertiary alicyclic amines) is 1. The minimum Gasteiger partial charge on any atom is -0.356 e. The lowest BCUT2D eigenvalue weighted by Gasteiger charge is -2.29. The van der Waals surface area contributed by atoms with Crippen LogP contribution >= 0.6 is 0 Å². The van der Waals surface area contributed by atoms with E-state index in [-0.39, 0.29) is 11.8 Å². The summed E-state index contributed by atoms with van der Waals surface area (Å²) in [5, 5.41) is 11.9. The first-order chi connectivity index (χ1) is 13.8. The van der Waals surface area contributed by atoms with Gasteiger partial charge in [-0.2, -0.15) is 0 Å². The highest BCUT2D eigenvalue weighted by Crippen LogP contribution is 2.37. The third-order valence-electron chi connectivity index (χ3n) is 5.84. The number of nitrogens with zero attached hydrogens (tertiary/aromatic N) is 1. The SMILES string of the molecule is CC(=O)NCCCCC(C(=O)NO)N1CCC(C)(CCc2ccc(C)cc2)C1=O.